The lowest BCUT2D eigenvalue weighted by Crippen LogP contribution is -2.45. The van der Waals surface area contributed by atoms with E-state index < -0.39 is 44.4 Å². The molecule has 1 rings (SSSR count). The molecule has 0 saturated heterocycles. The monoisotopic (exact) mass is 497 g/mol. The lowest BCUT2D eigenvalue weighted by Gasteiger charge is -2.29. The molecule has 1 N–H and O–H groups in total. The molecule has 0 radical (unpaired) electrons. The number of hydrogen-bond acceptors (Lipinski definition) is 9. The fourth-order valence-electron chi connectivity index (χ4n) is 2.23. The second-order valence-corrected chi connectivity index (χ2v) is 13.4. The summed E-state index contributed by atoms with van der Waals surface area (Å²) in [5.74, 6) is 0.258. The zero-order chi connectivity index (χ0) is 23.9. The van der Waals surface area contributed by atoms with Crippen LogP contribution in [0.15, 0.2) is 29.2 Å². The molecule has 178 valence electrons. The minimum absolute atomic E-state index is 0.249. The molecule has 31 heavy (non-hydrogen) atoms. The normalized spacial score (nSPS) is 13.9. The molecule has 0 fully saturated rings. The van der Waals surface area contributed by atoms with Gasteiger partial charge in [0.05, 0.1) is 7.11 Å². The molecule has 0 aliphatic carbocycles. The van der Waals surface area contributed by atoms with Gasteiger partial charge in [-0.1, -0.05) is 10.3 Å². The lowest BCUT2D eigenvalue weighted by atomic mass is 10.2. The molecule has 1 atom stereocenters. The van der Waals surface area contributed by atoms with E-state index >= 15 is 0 Å². The number of thioether (sulfide) groups is 1. The van der Waals surface area contributed by atoms with E-state index in [1.165, 1.54) is 23.9 Å². The number of benzene rings is 1. The zero-order valence-electron chi connectivity index (χ0n) is 18.8. The van der Waals surface area contributed by atoms with Gasteiger partial charge in [-0.3, -0.25) is 4.18 Å². The average molecular weight is 498 g/mol. The summed E-state index contributed by atoms with van der Waals surface area (Å²) in [5.41, 5.74) is -0.693. The zero-order valence-corrected chi connectivity index (χ0v) is 21.2. The van der Waals surface area contributed by atoms with Crippen molar-refractivity contribution >= 4 is 44.5 Å². The molecular formula is C19H31NO8S3. The number of amides is 1. The van der Waals surface area contributed by atoms with Gasteiger partial charge >= 0.3 is 22.5 Å². The van der Waals surface area contributed by atoms with E-state index in [4.69, 9.17) is 13.1 Å². The topological polar surface area (TPSA) is 117 Å². The first-order valence-electron chi connectivity index (χ1n) is 9.24. The van der Waals surface area contributed by atoms with Crippen LogP contribution in [0.4, 0.5) is 4.79 Å². The van der Waals surface area contributed by atoms with Crippen molar-refractivity contribution in [2.24, 2.45) is 0 Å². The predicted octanol–water partition coefficient (Wildman–Crippen LogP) is 3.48. The Morgan fingerprint density at radius 1 is 1.13 bits per heavy atom. The molecule has 1 amide bonds. The van der Waals surface area contributed by atoms with E-state index in [0.717, 1.165) is 7.11 Å². The van der Waals surface area contributed by atoms with E-state index in [9.17, 15) is 18.0 Å². The molecule has 0 spiro atoms. The molecule has 12 heteroatoms. The van der Waals surface area contributed by atoms with E-state index in [-0.39, 0.29) is 5.75 Å². The van der Waals surface area contributed by atoms with Gasteiger partial charge in [0.15, 0.2) is 0 Å². The summed E-state index contributed by atoms with van der Waals surface area (Å²) in [6.45, 7) is 5.19. The van der Waals surface area contributed by atoms with Gasteiger partial charge in [-0.25, -0.2) is 9.59 Å². The van der Waals surface area contributed by atoms with Crippen molar-refractivity contribution in [1.29, 1.82) is 0 Å². The van der Waals surface area contributed by atoms with Crippen LogP contribution in [0.2, 0.25) is 0 Å². The number of carbonyl (C=O) groups is 2. The van der Waals surface area contributed by atoms with Crippen LogP contribution in [0.25, 0.3) is 0 Å². The highest BCUT2D eigenvalue weighted by atomic mass is 32.3. The predicted molar refractivity (Wildman–Crippen MR) is 123 cm³/mol. The SMILES string of the molecule is COS(=O)(=O)OS(C)(C)c1ccc(OC(=O)[C@H](CCSC)NC(=O)OC(C)(C)C)cc1. The van der Waals surface area contributed by atoms with Crippen LogP contribution >= 0.6 is 22.1 Å². The van der Waals surface area contributed by atoms with Gasteiger partial charge < -0.3 is 14.8 Å². The van der Waals surface area contributed by atoms with Gasteiger partial charge in [0.1, 0.15) is 17.4 Å². The maximum Gasteiger partial charge on any atom is 0.409 e. The molecule has 0 aliphatic rings. The highest BCUT2D eigenvalue weighted by molar-refractivity contribution is 8.31. The van der Waals surface area contributed by atoms with E-state index in [0.29, 0.717) is 17.1 Å². The molecule has 1 aromatic carbocycles. The van der Waals surface area contributed by atoms with Crippen molar-refractivity contribution in [3.63, 3.8) is 0 Å². The van der Waals surface area contributed by atoms with Crippen LogP contribution in [-0.4, -0.2) is 63.8 Å². The van der Waals surface area contributed by atoms with Crippen LogP contribution < -0.4 is 10.1 Å². The number of rotatable bonds is 10. The summed E-state index contributed by atoms with van der Waals surface area (Å²) in [7, 11) is -5.25. The van der Waals surface area contributed by atoms with Gasteiger partial charge in [0, 0.05) is 4.90 Å². The number of nitrogens with one attached hydrogen (secondary N) is 1. The first-order chi connectivity index (χ1) is 14.2. The molecule has 0 saturated carbocycles. The van der Waals surface area contributed by atoms with Crippen molar-refractivity contribution in [2.45, 2.75) is 43.7 Å². The van der Waals surface area contributed by atoms with E-state index in [2.05, 4.69) is 9.50 Å². The number of ether oxygens (including phenoxy) is 2. The maximum atomic E-state index is 12.6. The number of carbonyl (C=O) groups excluding carboxylic acids is 2. The smallest absolute Gasteiger partial charge is 0.409 e. The summed E-state index contributed by atoms with van der Waals surface area (Å²) in [4.78, 5) is 25.3. The average Bonchev–Trinajstić information content (AvgIpc) is 2.63. The fourth-order valence-corrected chi connectivity index (χ4v) is 5.70. The van der Waals surface area contributed by atoms with Gasteiger partial charge in [0.2, 0.25) is 0 Å². The largest absolute Gasteiger partial charge is 0.444 e. The summed E-state index contributed by atoms with van der Waals surface area (Å²) >= 11 is 1.53. The lowest BCUT2D eigenvalue weighted by molar-refractivity contribution is -0.136. The van der Waals surface area contributed by atoms with Crippen LogP contribution in [-0.2, 0) is 27.7 Å². The molecule has 9 nitrogen and oxygen atoms in total. The van der Waals surface area contributed by atoms with Gasteiger partial charge in [-0.05, 0) is 76.0 Å². The number of hydrogen-bond donors (Lipinski definition) is 1. The maximum absolute atomic E-state index is 12.6. The van der Waals surface area contributed by atoms with Crippen LogP contribution in [0.5, 0.6) is 5.75 Å². The standard InChI is InChI=1S/C19H31NO8S3/c1-19(2,3)27-18(22)20-16(12-13-29-5)17(21)26-14-8-10-15(11-9-14)30(6,7)28-31(23,24)25-4/h8-11,16H,12-13H2,1-7H3,(H,20,22)/t16-/m0/s1. The molecular weight excluding hydrogens is 466 g/mol. The Morgan fingerprint density at radius 2 is 1.71 bits per heavy atom. The van der Waals surface area contributed by atoms with Gasteiger partial charge in [-0.2, -0.15) is 23.8 Å². The third-order valence-corrected chi connectivity index (χ3v) is 8.14. The van der Waals surface area contributed by atoms with E-state index in [1.807, 2.05) is 6.26 Å². The summed E-state index contributed by atoms with van der Waals surface area (Å²) < 4.78 is 43.3. The summed E-state index contributed by atoms with van der Waals surface area (Å²) in [6.07, 6.45) is 4.86. The first-order valence-corrected chi connectivity index (χ1v) is 14.3. The highest BCUT2D eigenvalue weighted by Crippen LogP contribution is 2.51. The molecule has 1 aromatic rings. The van der Waals surface area contributed by atoms with Crippen molar-refractivity contribution in [3.05, 3.63) is 24.3 Å². The molecule has 0 heterocycles. The molecule has 0 bridgehead atoms. The van der Waals surface area contributed by atoms with Crippen molar-refractivity contribution < 1.29 is 35.3 Å². The molecule has 0 aromatic heterocycles. The highest BCUT2D eigenvalue weighted by Gasteiger charge is 2.27. The Kier molecular flexibility index (Phi) is 10.1. The molecule has 0 aliphatic heterocycles. The Labute approximate surface area is 190 Å². The summed E-state index contributed by atoms with van der Waals surface area (Å²) in [6, 6.07) is 5.41. The van der Waals surface area contributed by atoms with Gasteiger partial charge in [0.25, 0.3) is 0 Å². The van der Waals surface area contributed by atoms with Crippen LogP contribution in [0, 0.1) is 0 Å². The van der Waals surface area contributed by atoms with E-state index in [1.54, 1.807) is 45.4 Å². The Bertz CT molecular complexity index is 848. The first kappa shape index (κ1) is 27.6. The second kappa shape index (κ2) is 11.4. The minimum Gasteiger partial charge on any atom is -0.444 e. The summed E-state index contributed by atoms with van der Waals surface area (Å²) in [5, 5.41) is 2.55. The van der Waals surface area contributed by atoms with Crippen LogP contribution in [0.3, 0.4) is 0 Å². The quantitative estimate of drug-likeness (QED) is 0.383. The van der Waals surface area contributed by atoms with Crippen molar-refractivity contribution in [1.82, 2.24) is 5.32 Å². The fraction of sp³-hybridized carbons (Fsp3) is 0.579. The number of alkyl carbamates (subject to hydrolysis) is 1. The van der Waals surface area contributed by atoms with Crippen molar-refractivity contribution in [3.8, 4) is 5.75 Å². The molecule has 0 unspecified atom stereocenters. The number of esters is 1. The third kappa shape index (κ3) is 10.1. The Hall–Kier alpha value is -1.47. The third-order valence-electron chi connectivity index (χ3n) is 3.65. The van der Waals surface area contributed by atoms with Crippen LogP contribution in [0.1, 0.15) is 27.2 Å². The van der Waals surface area contributed by atoms with Gasteiger partial charge in [-0.15, -0.1) is 0 Å². The Balaban J connectivity index is 2.88. The Morgan fingerprint density at radius 3 is 2.19 bits per heavy atom. The minimum atomic E-state index is -4.10. The second-order valence-electron chi connectivity index (χ2n) is 7.75. The van der Waals surface area contributed by atoms with Crippen molar-refractivity contribution in [2.75, 3.05) is 31.6 Å².